The number of benzene rings is 2. The van der Waals surface area contributed by atoms with Gasteiger partial charge in [0.05, 0.1) is 5.56 Å². The summed E-state index contributed by atoms with van der Waals surface area (Å²) in [6.45, 7) is 4.23. The molecule has 2 aromatic rings. The highest BCUT2D eigenvalue weighted by Gasteiger charge is 2.42. The van der Waals surface area contributed by atoms with Crippen LogP contribution in [0.3, 0.4) is 0 Å². The van der Waals surface area contributed by atoms with Gasteiger partial charge in [0, 0.05) is 20.1 Å². The Morgan fingerprint density at radius 3 is 2.03 bits per heavy atom. The number of unbranched alkanes of at least 4 members (excludes halogenated alkanes) is 2. The van der Waals surface area contributed by atoms with Crippen LogP contribution in [0, 0.1) is 0 Å². The lowest BCUT2D eigenvalue weighted by Gasteiger charge is -2.20. The van der Waals surface area contributed by atoms with Gasteiger partial charge in [-0.05, 0) is 61.6 Å². The molecule has 8 heteroatoms. The fourth-order valence-corrected chi connectivity index (χ4v) is 3.02. The topological polar surface area (TPSA) is 61.8 Å². The molecule has 32 heavy (non-hydrogen) atoms. The Kier molecular flexibility index (Phi) is 9.71. The molecule has 0 bridgehead atoms. The minimum absolute atomic E-state index is 0.0379. The molecule has 1 atom stereocenters. The first-order chi connectivity index (χ1) is 15.2. The fourth-order valence-electron chi connectivity index (χ4n) is 3.02. The molecule has 0 fully saturated rings. The number of hydrogen-bond donors (Lipinski definition) is 0. The third-order valence-corrected chi connectivity index (χ3v) is 4.64. The summed E-state index contributed by atoms with van der Waals surface area (Å²) >= 11 is 0. The molecule has 0 heterocycles. The van der Waals surface area contributed by atoms with Crippen molar-refractivity contribution in [2.45, 2.75) is 51.8 Å². The maximum absolute atomic E-state index is 13.3. The molecule has 0 amide bonds. The zero-order chi connectivity index (χ0) is 23.6. The number of hydrogen-bond acceptors (Lipinski definition) is 5. The molecule has 0 saturated heterocycles. The molecule has 5 nitrogen and oxygen atoms in total. The minimum Gasteiger partial charge on any atom is -0.449 e. The molecule has 0 N–H and O–H groups in total. The van der Waals surface area contributed by atoms with Gasteiger partial charge in [0.1, 0.15) is 5.75 Å². The monoisotopic (exact) mass is 452 g/mol. The zero-order valence-electron chi connectivity index (χ0n) is 18.1. The van der Waals surface area contributed by atoms with E-state index in [0.29, 0.717) is 31.8 Å². The summed E-state index contributed by atoms with van der Waals surface area (Å²) in [5.41, 5.74) is 1.58. The van der Waals surface area contributed by atoms with E-state index in [9.17, 15) is 22.8 Å². The van der Waals surface area contributed by atoms with Crippen LogP contribution in [-0.2, 0) is 14.3 Å². The first kappa shape index (κ1) is 25.4. The van der Waals surface area contributed by atoms with Crippen LogP contribution in [0.4, 0.5) is 13.2 Å². The van der Waals surface area contributed by atoms with Gasteiger partial charge in [0.2, 0.25) is 0 Å². The van der Waals surface area contributed by atoms with Crippen molar-refractivity contribution in [2.24, 2.45) is 0 Å². The van der Waals surface area contributed by atoms with Gasteiger partial charge >= 0.3 is 18.1 Å². The van der Waals surface area contributed by atoms with Gasteiger partial charge < -0.3 is 14.2 Å². The van der Waals surface area contributed by atoms with Gasteiger partial charge in [-0.2, -0.15) is 13.2 Å². The van der Waals surface area contributed by atoms with Gasteiger partial charge in [-0.3, -0.25) is 4.79 Å². The van der Waals surface area contributed by atoms with E-state index in [0.717, 1.165) is 11.1 Å². The van der Waals surface area contributed by atoms with Gasteiger partial charge in [-0.1, -0.05) is 30.7 Å². The zero-order valence-corrected chi connectivity index (χ0v) is 18.1. The summed E-state index contributed by atoms with van der Waals surface area (Å²) in [4.78, 5) is 23.3. The first-order valence-corrected chi connectivity index (χ1v) is 10.4. The second kappa shape index (κ2) is 12.2. The molecule has 0 aliphatic heterocycles. The van der Waals surface area contributed by atoms with E-state index in [1.54, 1.807) is 36.4 Å². The van der Waals surface area contributed by atoms with Crippen LogP contribution in [0.25, 0.3) is 11.1 Å². The van der Waals surface area contributed by atoms with Crippen LogP contribution in [0.15, 0.2) is 48.5 Å². The molecule has 0 aromatic heterocycles. The fraction of sp³-hybridized carbons (Fsp3) is 0.417. The van der Waals surface area contributed by atoms with Gasteiger partial charge in [-0.25, -0.2) is 4.79 Å². The van der Waals surface area contributed by atoms with Crippen molar-refractivity contribution in [3.63, 3.8) is 0 Å². The van der Waals surface area contributed by atoms with Crippen molar-refractivity contribution in [2.75, 3.05) is 13.2 Å². The van der Waals surface area contributed by atoms with Crippen LogP contribution in [0.2, 0.25) is 0 Å². The quantitative estimate of drug-likeness (QED) is 0.239. The third-order valence-electron chi connectivity index (χ3n) is 4.64. The predicted molar refractivity (Wildman–Crippen MR) is 113 cm³/mol. The SMILES string of the molecule is CCOCCCCC[C@@H](OC(=O)c1ccc(-c2ccc(OC(C)=O)cc2)cc1)C(F)(F)F. The average Bonchev–Trinajstić information content (AvgIpc) is 2.74. The van der Waals surface area contributed by atoms with E-state index in [1.807, 2.05) is 6.92 Å². The molecule has 2 rings (SSSR count). The van der Waals surface area contributed by atoms with E-state index in [-0.39, 0.29) is 18.4 Å². The summed E-state index contributed by atoms with van der Waals surface area (Å²) in [6, 6.07) is 12.8. The van der Waals surface area contributed by atoms with Crippen LogP contribution in [-0.4, -0.2) is 37.4 Å². The Bertz CT molecular complexity index is 861. The molecule has 0 aliphatic carbocycles. The highest BCUT2D eigenvalue weighted by atomic mass is 19.4. The van der Waals surface area contributed by atoms with Gasteiger partial charge in [-0.15, -0.1) is 0 Å². The third kappa shape index (κ3) is 8.34. The highest BCUT2D eigenvalue weighted by Crippen LogP contribution is 2.28. The number of esters is 2. The van der Waals surface area contributed by atoms with Crippen LogP contribution >= 0.6 is 0 Å². The Morgan fingerprint density at radius 1 is 0.906 bits per heavy atom. The highest BCUT2D eigenvalue weighted by molar-refractivity contribution is 5.90. The summed E-state index contributed by atoms with van der Waals surface area (Å²) in [5, 5.41) is 0. The molecule has 0 spiro atoms. The summed E-state index contributed by atoms with van der Waals surface area (Å²) < 4.78 is 54.8. The standard InChI is InChI=1S/C24H27F3O5/c1-3-30-16-6-4-5-7-22(24(25,26)27)32-23(29)20-10-8-18(9-11-20)19-12-14-21(15-13-19)31-17(2)28/h8-15,22H,3-7,16H2,1-2H3/t22-/m1/s1. The van der Waals surface area contributed by atoms with Crippen LogP contribution < -0.4 is 4.74 Å². The maximum atomic E-state index is 13.3. The molecule has 0 radical (unpaired) electrons. The summed E-state index contributed by atoms with van der Waals surface area (Å²) in [7, 11) is 0. The van der Waals surface area contributed by atoms with E-state index in [4.69, 9.17) is 14.2 Å². The molecule has 2 aromatic carbocycles. The first-order valence-electron chi connectivity index (χ1n) is 10.4. The number of halogens is 3. The molecule has 174 valence electrons. The second-order valence-corrected chi connectivity index (χ2v) is 7.18. The molecular formula is C24H27F3O5. The molecule has 0 unspecified atom stereocenters. The van der Waals surface area contributed by atoms with Crippen LogP contribution in [0.5, 0.6) is 5.75 Å². The number of carbonyl (C=O) groups is 2. The van der Waals surface area contributed by atoms with E-state index in [2.05, 4.69) is 0 Å². The van der Waals surface area contributed by atoms with Gasteiger partial charge in [0.15, 0.2) is 6.10 Å². The van der Waals surface area contributed by atoms with E-state index in [1.165, 1.54) is 19.1 Å². The van der Waals surface area contributed by atoms with Crippen molar-refractivity contribution in [3.05, 3.63) is 54.1 Å². The van der Waals surface area contributed by atoms with Crippen molar-refractivity contribution in [1.29, 1.82) is 0 Å². The number of rotatable bonds is 11. The maximum Gasteiger partial charge on any atom is 0.425 e. The average molecular weight is 452 g/mol. The van der Waals surface area contributed by atoms with Crippen molar-refractivity contribution in [3.8, 4) is 16.9 Å². The van der Waals surface area contributed by atoms with E-state index >= 15 is 0 Å². The number of alkyl halides is 3. The lowest BCUT2D eigenvalue weighted by Crippen LogP contribution is -2.33. The predicted octanol–water partition coefficient (Wildman–Crippen LogP) is 5.96. The summed E-state index contributed by atoms with van der Waals surface area (Å²) in [5.74, 6) is -1.04. The lowest BCUT2D eigenvalue weighted by molar-refractivity contribution is -0.206. The molecular weight excluding hydrogens is 425 g/mol. The smallest absolute Gasteiger partial charge is 0.425 e. The Labute approximate surface area is 185 Å². The Balaban J connectivity index is 1.96. The van der Waals surface area contributed by atoms with E-state index < -0.39 is 24.2 Å². The number of carbonyl (C=O) groups excluding carboxylic acids is 2. The lowest BCUT2D eigenvalue weighted by atomic mass is 10.0. The van der Waals surface area contributed by atoms with Crippen molar-refractivity contribution < 1.29 is 37.0 Å². The number of ether oxygens (including phenoxy) is 3. The van der Waals surface area contributed by atoms with Crippen molar-refractivity contribution >= 4 is 11.9 Å². The van der Waals surface area contributed by atoms with Crippen molar-refractivity contribution in [1.82, 2.24) is 0 Å². The largest absolute Gasteiger partial charge is 0.449 e. The molecule has 0 aliphatic rings. The second-order valence-electron chi connectivity index (χ2n) is 7.18. The normalized spacial score (nSPS) is 12.3. The molecule has 0 saturated carbocycles. The summed E-state index contributed by atoms with van der Waals surface area (Å²) in [6.07, 6.45) is -5.54. The van der Waals surface area contributed by atoms with Gasteiger partial charge in [0.25, 0.3) is 0 Å². The minimum atomic E-state index is -4.63. The Morgan fingerprint density at radius 2 is 1.50 bits per heavy atom. The Hall–Kier alpha value is -2.87. The van der Waals surface area contributed by atoms with Crippen LogP contribution in [0.1, 0.15) is 49.9 Å².